The van der Waals surface area contributed by atoms with Crippen molar-refractivity contribution in [3.8, 4) is 0 Å². The summed E-state index contributed by atoms with van der Waals surface area (Å²) in [5.74, 6) is 0.270. The third-order valence-electron chi connectivity index (χ3n) is 4.37. The van der Waals surface area contributed by atoms with Gasteiger partial charge in [-0.15, -0.1) is 0 Å². The van der Waals surface area contributed by atoms with E-state index in [-0.39, 0.29) is 6.04 Å². The Labute approximate surface area is 127 Å². The van der Waals surface area contributed by atoms with Gasteiger partial charge >= 0.3 is 5.97 Å². The molecule has 1 aromatic rings. The molecule has 0 aliphatic heterocycles. The van der Waals surface area contributed by atoms with Crippen molar-refractivity contribution in [3.63, 3.8) is 0 Å². The number of fused-ring (bicyclic) bond motifs is 1. The Kier molecular flexibility index (Phi) is 5.21. The molecule has 0 saturated carbocycles. The van der Waals surface area contributed by atoms with E-state index in [0.29, 0.717) is 17.3 Å². The second-order valence-corrected chi connectivity index (χ2v) is 6.30. The fraction of sp³-hybridized carbons (Fsp3) is 0.647. The largest absolute Gasteiger partial charge is 0.478 e. The molecule has 0 fully saturated rings. The van der Waals surface area contributed by atoms with Crippen LogP contribution >= 0.6 is 0 Å². The second-order valence-electron chi connectivity index (χ2n) is 6.30. The fourth-order valence-electron chi connectivity index (χ4n) is 2.97. The molecular weight excluding hydrogens is 264 g/mol. The average molecular weight is 290 g/mol. The summed E-state index contributed by atoms with van der Waals surface area (Å²) in [5.41, 5.74) is 2.50. The number of nitrogens with zero attached hydrogens (tertiary/aromatic N) is 1. The Morgan fingerprint density at radius 1 is 1.38 bits per heavy atom. The summed E-state index contributed by atoms with van der Waals surface area (Å²) in [4.78, 5) is 16.1. The molecule has 2 N–H and O–H groups in total. The maximum Gasteiger partial charge on any atom is 0.339 e. The Morgan fingerprint density at radius 3 is 2.76 bits per heavy atom. The van der Waals surface area contributed by atoms with Crippen molar-refractivity contribution in [1.29, 1.82) is 0 Å². The van der Waals surface area contributed by atoms with E-state index in [1.165, 1.54) is 0 Å². The molecule has 0 aromatic carbocycles. The molecule has 2 rings (SSSR count). The topological polar surface area (TPSA) is 62.2 Å². The highest BCUT2D eigenvalue weighted by atomic mass is 16.4. The summed E-state index contributed by atoms with van der Waals surface area (Å²) in [7, 11) is 0. The lowest BCUT2D eigenvalue weighted by atomic mass is 9.94. The van der Waals surface area contributed by atoms with Crippen LogP contribution in [0.2, 0.25) is 0 Å². The van der Waals surface area contributed by atoms with E-state index in [4.69, 9.17) is 0 Å². The first-order chi connectivity index (χ1) is 10.0. The lowest BCUT2D eigenvalue weighted by Crippen LogP contribution is -2.22. The number of hydrogen-bond acceptors (Lipinski definition) is 3. The van der Waals surface area contributed by atoms with Gasteiger partial charge in [-0.2, -0.15) is 0 Å². The van der Waals surface area contributed by atoms with Gasteiger partial charge in [-0.1, -0.05) is 20.3 Å². The minimum Gasteiger partial charge on any atom is -0.478 e. The SMILES string of the molecule is CCC(C)CC(C)Nc1nc2c(cc1C(=O)O)CCCC2. The van der Waals surface area contributed by atoms with Crippen molar-refractivity contribution in [2.75, 3.05) is 5.32 Å². The summed E-state index contributed by atoms with van der Waals surface area (Å²) in [6, 6.07) is 2.05. The van der Waals surface area contributed by atoms with E-state index in [1.54, 1.807) is 0 Å². The Balaban J connectivity index is 2.22. The normalized spacial score (nSPS) is 16.9. The van der Waals surface area contributed by atoms with Gasteiger partial charge in [0, 0.05) is 11.7 Å². The standard InChI is InChI=1S/C17H26N2O2/c1-4-11(2)9-12(3)18-16-14(17(20)21)10-13-7-5-6-8-15(13)19-16/h10-12H,4-9H2,1-3H3,(H,18,19)(H,20,21). The maximum atomic E-state index is 11.5. The molecule has 1 aromatic heterocycles. The van der Waals surface area contributed by atoms with Crippen LogP contribution in [0.25, 0.3) is 0 Å². The fourth-order valence-corrected chi connectivity index (χ4v) is 2.97. The first kappa shape index (κ1) is 15.8. The molecule has 116 valence electrons. The number of rotatable bonds is 6. The molecule has 0 spiro atoms. The van der Waals surface area contributed by atoms with E-state index in [1.807, 2.05) is 6.07 Å². The summed E-state index contributed by atoms with van der Waals surface area (Å²) >= 11 is 0. The van der Waals surface area contributed by atoms with Crippen LogP contribution in [0, 0.1) is 5.92 Å². The second kappa shape index (κ2) is 6.92. The van der Waals surface area contributed by atoms with Gasteiger partial charge in [0.15, 0.2) is 0 Å². The number of hydrogen-bond donors (Lipinski definition) is 2. The zero-order valence-electron chi connectivity index (χ0n) is 13.3. The summed E-state index contributed by atoms with van der Waals surface area (Å²) in [5, 5.41) is 12.7. The van der Waals surface area contributed by atoms with Gasteiger partial charge in [-0.05, 0) is 56.6 Å². The third kappa shape index (κ3) is 3.96. The van der Waals surface area contributed by atoms with Crippen molar-refractivity contribution in [2.45, 2.75) is 65.3 Å². The summed E-state index contributed by atoms with van der Waals surface area (Å²) in [6.07, 6.45) is 6.35. The zero-order chi connectivity index (χ0) is 15.4. The minimum absolute atomic E-state index is 0.229. The molecule has 21 heavy (non-hydrogen) atoms. The highest BCUT2D eigenvalue weighted by Crippen LogP contribution is 2.26. The van der Waals surface area contributed by atoms with Gasteiger partial charge in [0.25, 0.3) is 0 Å². The summed E-state index contributed by atoms with van der Waals surface area (Å²) < 4.78 is 0. The Morgan fingerprint density at radius 2 is 2.10 bits per heavy atom. The van der Waals surface area contributed by atoms with Crippen LogP contribution in [0.4, 0.5) is 5.82 Å². The van der Waals surface area contributed by atoms with Gasteiger partial charge < -0.3 is 10.4 Å². The molecule has 0 radical (unpaired) electrons. The number of aromatic carboxylic acids is 1. The number of aromatic nitrogens is 1. The molecule has 0 saturated heterocycles. The van der Waals surface area contributed by atoms with Crippen molar-refractivity contribution in [3.05, 3.63) is 22.9 Å². The first-order valence-corrected chi connectivity index (χ1v) is 8.03. The Bertz CT molecular complexity index is 514. The third-order valence-corrected chi connectivity index (χ3v) is 4.37. The number of pyridine rings is 1. The number of nitrogens with one attached hydrogen (secondary N) is 1. The average Bonchev–Trinajstić information content (AvgIpc) is 2.46. The molecule has 1 heterocycles. The van der Waals surface area contributed by atoms with Gasteiger partial charge in [-0.25, -0.2) is 9.78 Å². The van der Waals surface area contributed by atoms with Crippen molar-refractivity contribution < 1.29 is 9.90 Å². The summed E-state index contributed by atoms with van der Waals surface area (Å²) in [6.45, 7) is 6.49. The van der Waals surface area contributed by atoms with Gasteiger partial charge in [0.05, 0.1) is 0 Å². The minimum atomic E-state index is -0.894. The van der Waals surface area contributed by atoms with E-state index < -0.39 is 5.97 Å². The van der Waals surface area contributed by atoms with E-state index in [0.717, 1.165) is 49.8 Å². The van der Waals surface area contributed by atoms with Crippen LogP contribution in [-0.2, 0) is 12.8 Å². The van der Waals surface area contributed by atoms with Gasteiger partial charge in [-0.3, -0.25) is 0 Å². The predicted octanol–water partition coefficient (Wildman–Crippen LogP) is 3.90. The molecule has 0 amide bonds. The molecule has 2 atom stereocenters. The number of carbonyl (C=O) groups is 1. The lowest BCUT2D eigenvalue weighted by Gasteiger charge is -2.22. The van der Waals surface area contributed by atoms with Gasteiger partial charge in [0.1, 0.15) is 11.4 Å². The first-order valence-electron chi connectivity index (χ1n) is 8.03. The van der Waals surface area contributed by atoms with Crippen LogP contribution in [0.5, 0.6) is 0 Å². The molecule has 2 unspecified atom stereocenters. The number of carboxylic acids is 1. The quantitative estimate of drug-likeness (QED) is 0.834. The van der Waals surface area contributed by atoms with Crippen molar-refractivity contribution in [2.24, 2.45) is 5.92 Å². The zero-order valence-corrected chi connectivity index (χ0v) is 13.3. The van der Waals surface area contributed by atoms with Crippen LogP contribution in [0.15, 0.2) is 6.07 Å². The molecule has 1 aliphatic carbocycles. The number of aryl methyl sites for hydroxylation is 2. The monoisotopic (exact) mass is 290 g/mol. The highest BCUT2D eigenvalue weighted by molar-refractivity contribution is 5.93. The predicted molar refractivity (Wildman–Crippen MR) is 85.0 cm³/mol. The van der Waals surface area contributed by atoms with E-state index in [9.17, 15) is 9.90 Å². The number of carboxylic acid groups (broad SMARTS) is 1. The highest BCUT2D eigenvalue weighted by Gasteiger charge is 2.20. The molecule has 1 aliphatic rings. The van der Waals surface area contributed by atoms with Crippen LogP contribution in [0.1, 0.15) is 68.1 Å². The van der Waals surface area contributed by atoms with Crippen LogP contribution in [-0.4, -0.2) is 22.1 Å². The van der Waals surface area contributed by atoms with Crippen molar-refractivity contribution >= 4 is 11.8 Å². The van der Waals surface area contributed by atoms with Crippen LogP contribution in [0.3, 0.4) is 0 Å². The molecular formula is C17H26N2O2. The molecule has 4 heteroatoms. The van der Waals surface area contributed by atoms with Gasteiger partial charge in [0.2, 0.25) is 0 Å². The lowest BCUT2D eigenvalue weighted by molar-refractivity contribution is 0.0697. The maximum absolute atomic E-state index is 11.5. The molecule has 4 nitrogen and oxygen atoms in total. The Hall–Kier alpha value is -1.58. The molecule has 0 bridgehead atoms. The number of anilines is 1. The smallest absolute Gasteiger partial charge is 0.339 e. The van der Waals surface area contributed by atoms with E-state index >= 15 is 0 Å². The van der Waals surface area contributed by atoms with Crippen LogP contribution < -0.4 is 5.32 Å². The van der Waals surface area contributed by atoms with Crippen molar-refractivity contribution in [1.82, 2.24) is 4.98 Å². The van der Waals surface area contributed by atoms with E-state index in [2.05, 4.69) is 31.1 Å².